The molecule has 0 amide bonds. The molecule has 2 heterocycles. The second-order valence-corrected chi connectivity index (χ2v) is 7.02. The lowest BCUT2D eigenvalue weighted by molar-refractivity contribution is -0.301. The van der Waals surface area contributed by atoms with Crippen molar-refractivity contribution in [3.05, 3.63) is 55.7 Å². The lowest BCUT2D eigenvalue weighted by Crippen LogP contribution is -2.37. The number of hydrogen-bond donors (Lipinski definition) is 0. The van der Waals surface area contributed by atoms with Gasteiger partial charge < -0.3 is 14.5 Å². The van der Waals surface area contributed by atoms with Gasteiger partial charge in [-0.25, -0.2) is 9.78 Å². The Hall–Kier alpha value is -2.52. The van der Waals surface area contributed by atoms with Crippen LogP contribution in [0.2, 0.25) is 5.02 Å². The molecule has 0 fully saturated rings. The number of thioether (sulfide) groups is 1. The summed E-state index contributed by atoms with van der Waals surface area (Å²) < 4.78 is 3.86. The number of hydrogen-bond acceptors (Lipinski definition) is 6. The molecule has 3 rings (SSSR count). The summed E-state index contributed by atoms with van der Waals surface area (Å²) in [6, 6.07) is 7.04. The highest BCUT2D eigenvalue weighted by atomic mass is 35.5. The quantitative estimate of drug-likeness (QED) is 0.564. The highest BCUT2D eigenvalue weighted by Crippen LogP contribution is 2.23. The van der Waals surface area contributed by atoms with E-state index >= 15 is 0 Å². The molecular weight excluding hydrogens is 380 g/mol. The molecule has 136 valence electrons. The van der Waals surface area contributed by atoms with Crippen LogP contribution in [0.1, 0.15) is 5.56 Å². The number of aliphatic carboxylic acids is 1. The van der Waals surface area contributed by atoms with Gasteiger partial charge in [0.2, 0.25) is 0 Å². The van der Waals surface area contributed by atoms with Crippen LogP contribution in [0.25, 0.3) is 11.2 Å². The third-order valence-electron chi connectivity index (χ3n) is 3.89. The summed E-state index contributed by atoms with van der Waals surface area (Å²) in [4.78, 5) is 39.9. The molecule has 26 heavy (non-hydrogen) atoms. The van der Waals surface area contributed by atoms with E-state index < -0.39 is 17.2 Å². The summed E-state index contributed by atoms with van der Waals surface area (Å²) in [5.74, 6) is -1.57. The first-order valence-corrected chi connectivity index (χ1v) is 8.89. The van der Waals surface area contributed by atoms with Crippen LogP contribution in [0.15, 0.2) is 39.0 Å². The zero-order valence-corrected chi connectivity index (χ0v) is 15.5. The van der Waals surface area contributed by atoms with Gasteiger partial charge in [-0.05, 0) is 17.7 Å². The molecule has 0 saturated heterocycles. The Morgan fingerprint density at radius 1 is 1.19 bits per heavy atom. The molecular formula is C16H14ClN4O4S-. The highest BCUT2D eigenvalue weighted by molar-refractivity contribution is 7.99. The molecule has 0 aliphatic rings. The molecule has 8 nitrogen and oxygen atoms in total. The van der Waals surface area contributed by atoms with Crippen molar-refractivity contribution in [3.8, 4) is 0 Å². The fourth-order valence-corrected chi connectivity index (χ4v) is 3.41. The van der Waals surface area contributed by atoms with Crippen molar-refractivity contribution in [2.75, 3.05) is 5.75 Å². The third kappa shape index (κ3) is 3.27. The second-order valence-electron chi connectivity index (χ2n) is 5.65. The van der Waals surface area contributed by atoms with E-state index in [0.717, 1.165) is 21.9 Å². The maximum Gasteiger partial charge on any atom is 0.332 e. The van der Waals surface area contributed by atoms with Crippen molar-refractivity contribution in [1.82, 2.24) is 18.7 Å². The molecule has 0 spiro atoms. The van der Waals surface area contributed by atoms with Crippen LogP contribution in [-0.2, 0) is 25.4 Å². The summed E-state index contributed by atoms with van der Waals surface area (Å²) in [7, 11) is 2.90. The van der Waals surface area contributed by atoms with Crippen LogP contribution in [0.3, 0.4) is 0 Å². The maximum absolute atomic E-state index is 12.6. The van der Waals surface area contributed by atoms with E-state index in [9.17, 15) is 19.5 Å². The molecule has 1 aromatic carbocycles. The number of benzene rings is 1. The maximum atomic E-state index is 12.6. The van der Waals surface area contributed by atoms with Crippen molar-refractivity contribution in [2.45, 2.75) is 11.7 Å². The monoisotopic (exact) mass is 393 g/mol. The van der Waals surface area contributed by atoms with Crippen LogP contribution in [0.4, 0.5) is 0 Å². The minimum Gasteiger partial charge on any atom is -0.549 e. The Morgan fingerprint density at radius 2 is 1.85 bits per heavy atom. The number of carbonyl (C=O) groups excluding carboxylic acids is 1. The number of nitrogens with zero attached hydrogens (tertiary/aromatic N) is 4. The number of aryl methyl sites for hydroxylation is 1. The summed E-state index contributed by atoms with van der Waals surface area (Å²) in [6.45, 7) is 0.274. The molecule has 0 aliphatic carbocycles. The summed E-state index contributed by atoms with van der Waals surface area (Å²) in [5, 5.41) is 11.7. The normalized spacial score (nSPS) is 11.2. The Bertz CT molecular complexity index is 1110. The van der Waals surface area contributed by atoms with Gasteiger partial charge in [-0.3, -0.25) is 13.9 Å². The average Bonchev–Trinajstić information content (AvgIpc) is 2.96. The molecule has 0 radical (unpaired) electrons. The lowest BCUT2D eigenvalue weighted by atomic mass is 10.2. The van der Waals surface area contributed by atoms with Crippen LogP contribution in [0.5, 0.6) is 0 Å². The number of carboxylic acids is 1. The fraction of sp³-hybridized carbons (Fsp3) is 0.250. The fourth-order valence-electron chi connectivity index (χ4n) is 2.58. The average molecular weight is 394 g/mol. The summed E-state index contributed by atoms with van der Waals surface area (Å²) in [5.41, 5.74) is 0.276. The van der Waals surface area contributed by atoms with Crippen molar-refractivity contribution >= 4 is 40.5 Å². The number of halogens is 1. The zero-order valence-electron chi connectivity index (χ0n) is 13.9. The van der Waals surface area contributed by atoms with E-state index in [-0.39, 0.29) is 23.5 Å². The number of aromatic nitrogens is 4. The number of fused-ring (bicyclic) bond motifs is 1. The van der Waals surface area contributed by atoms with Crippen LogP contribution in [-0.4, -0.2) is 30.4 Å². The Balaban J connectivity index is 2.23. The third-order valence-corrected chi connectivity index (χ3v) is 5.09. The first-order chi connectivity index (χ1) is 12.3. The second kappa shape index (κ2) is 7.00. The van der Waals surface area contributed by atoms with Gasteiger partial charge in [0.15, 0.2) is 16.3 Å². The van der Waals surface area contributed by atoms with Gasteiger partial charge in [0, 0.05) is 24.9 Å². The molecule has 0 aliphatic heterocycles. The number of carboxylic acid groups (broad SMARTS) is 1. The van der Waals surface area contributed by atoms with Gasteiger partial charge in [-0.2, -0.15) is 0 Å². The van der Waals surface area contributed by atoms with E-state index in [0.29, 0.717) is 10.2 Å². The summed E-state index contributed by atoms with van der Waals surface area (Å²) in [6.07, 6.45) is 0. The summed E-state index contributed by atoms with van der Waals surface area (Å²) >= 11 is 6.83. The molecule has 0 bridgehead atoms. The van der Waals surface area contributed by atoms with Gasteiger partial charge in [0.1, 0.15) is 0 Å². The van der Waals surface area contributed by atoms with E-state index in [1.807, 2.05) is 0 Å². The Morgan fingerprint density at radius 3 is 2.46 bits per heavy atom. The van der Waals surface area contributed by atoms with Crippen molar-refractivity contribution in [2.24, 2.45) is 14.1 Å². The molecule has 0 atom stereocenters. The van der Waals surface area contributed by atoms with Gasteiger partial charge in [0.25, 0.3) is 5.56 Å². The predicted molar refractivity (Wildman–Crippen MR) is 96.5 cm³/mol. The molecule has 0 N–H and O–H groups in total. The topological polar surface area (TPSA) is 102 Å². The molecule has 0 unspecified atom stereocenters. The van der Waals surface area contributed by atoms with Gasteiger partial charge in [-0.15, -0.1) is 0 Å². The van der Waals surface area contributed by atoms with E-state index in [1.165, 1.54) is 18.7 Å². The van der Waals surface area contributed by atoms with Gasteiger partial charge in [0.05, 0.1) is 12.5 Å². The van der Waals surface area contributed by atoms with Crippen LogP contribution in [0, 0.1) is 0 Å². The smallest absolute Gasteiger partial charge is 0.332 e. The Kier molecular flexibility index (Phi) is 4.92. The number of carbonyl (C=O) groups is 1. The number of imidazole rings is 1. The van der Waals surface area contributed by atoms with Crippen molar-refractivity contribution in [3.63, 3.8) is 0 Å². The first kappa shape index (κ1) is 18.3. The molecule has 0 saturated carbocycles. The standard InChI is InChI=1S/C16H15ClN4O4S/c1-19-13-12(14(24)20(2)16(19)25)21(15(18-13)26-8-11(22)23)7-9-3-5-10(17)6-4-9/h3-6H,7-8H2,1-2H3,(H,22,23)/p-1. The van der Waals surface area contributed by atoms with Gasteiger partial charge in [-0.1, -0.05) is 35.5 Å². The SMILES string of the molecule is Cn1c(=O)c2c(nc(SCC(=O)[O-])n2Cc2ccc(Cl)cc2)n(C)c1=O. The predicted octanol–water partition coefficient (Wildman–Crippen LogP) is -0.0226. The van der Waals surface area contributed by atoms with Crippen molar-refractivity contribution in [1.29, 1.82) is 0 Å². The van der Waals surface area contributed by atoms with E-state index in [1.54, 1.807) is 28.8 Å². The van der Waals surface area contributed by atoms with E-state index in [2.05, 4.69) is 4.98 Å². The van der Waals surface area contributed by atoms with E-state index in [4.69, 9.17) is 11.6 Å². The van der Waals surface area contributed by atoms with Gasteiger partial charge >= 0.3 is 5.69 Å². The molecule has 2 aromatic heterocycles. The minimum atomic E-state index is -1.25. The lowest BCUT2D eigenvalue weighted by Gasteiger charge is -2.10. The Labute approximate surface area is 156 Å². The van der Waals surface area contributed by atoms with Crippen LogP contribution < -0.4 is 16.4 Å². The first-order valence-electron chi connectivity index (χ1n) is 7.53. The minimum absolute atomic E-state index is 0.202. The zero-order chi connectivity index (χ0) is 19.0. The molecule has 3 aromatic rings. The molecule has 10 heteroatoms. The largest absolute Gasteiger partial charge is 0.549 e. The number of rotatable bonds is 5. The van der Waals surface area contributed by atoms with Crippen LogP contribution >= 0.6 is 23.4 Å². The highest BCUT2D eigenvalue weighted by Gasteiger charge is 2.19. The van der Waals surface area contributed by atoms with Crippen molar-refractivity contribution < 1.29 is 9.90 Å².